The summed E-state index contributed by atoms with van der Waals surface area (Å²) in [6.07, 6.45) is 0. The maximum atomic E-state index is 13.4. The molecule has 134 valence electrons. The molecular weight excluding hydrogens is 363 g/mol. The molecule has 1 rings (SSSR count). The van der Waals surface area contributed by atoms with Crippen molar-refractivity contribution in [3.05, 3.63) is 45.4 Å². The molecule has 1 aromatic carbocycles. The fourth-order valence-electron chi connectivity index (χ4n) is 2.00. The minimum atomic E-state index is -3.68. The molecule has 0 unspecified atom stereocenters. The normalized spacial score (nSPS) is 11.3. The summed E-state index contributed by atoms with van der Waals surface area (Å²) >= 11 is 3.00. The van der Waals surface area contributed by atoms with Gasteiger partial charge in [0, 0.05) is 5.56 Å². The highest BCUT2D eigenvalue weighted by Crippen LogP contribution is 2.60. The fraction of sp³-hybridized carbons (Fsp3) is 0.471. The van der Waals surface area contributed by atoms with Crippen LogP contribution in [0.4, 0.5) is 0 Å². The first-order chi connectivity index (χ1) is 11.5. The largest absolute Gasteiger partial charge is 0.366 e. The summed E-state index contributed by atoms with van der Waals surface area (Å²) in [5.74, 6) is 1.25. The molecule has 0 aromatic heterocycles. The van der Waals surface area contributed by atoms with Crippen molar-refractivity contribution in [1.29, 1.82) is 0 Å². The molecule has 0 fully saturated rings. The predicted octanol–water partition coefficient (Wildman–Crippen LogP) is 5.81. The minimum absolute atomic E-state index is 0.163. The lowest BCUT2D eigenvalue weighted by molar-refractivity contribution is 0.103. The van der Waals surface area contributed by atoms with Crippen molar-refractivity contribution < 1.29 is 18.4 Å². The Kier molecular flexibility index (Phi) is 10.0. The molecule has 4 nitrogen and oxygen atoms in total. The third kappa shape index (κ3) is 5.78. The number of benzene rings is 1. The number of Topliss-reactive ketones (excluding diaryl/α,β-unsaturated/α-hetero) is 1. The summed E-state index contributed by atoms with van der Waals surface area (Å²) in [5, 5.41) is 0.163. The van der Waals surface area contributed by atoms with Gasteiger partial charge >= 0.3 is 7.60 Å². The van der Waals surface area contributed by atoms with Gasteiger partial charge in [0.15, 0.2) is 0 Å². The molecule has 0 N–H and O–H groups in total. The number of rotatable bonds is 11. The van der Waals surface area contributed by atoms with E-state index >= 15 is 0 Å². The molecular formula is C17H25O4PS2. The molecule has 0 aliphatic heterocycles. The van der Waals surface area contributed by atoms with Crippen molar-refractivity contribution in [2.45, 2.75) is 27.7 Å². The van der Waals surface area contributed by atoms with Gasteiger partial charge < -0.3 is 9.05 Å². The van der Waals surface area contributed by atoms with Crippen LogP contribution in [-0.2, 0) is 13.6 Å². The summed E-state index contributed by atoms with van der Waals surface area (Å²) < 4.78 is 25.0. The number of allylic oxidation sites excluding steroid dienone is 1. The monoisotopic (exact) mass is 388 g/mol. The van der Waals surface area contributed by atoms with E-state index in [1.165, 1.54) is 23.5 Å². The van der Waals surface area contributed by atoms with Gasteiger partial charge in [-0.1, -0.05) is 44.2 Å². The number of hydrogen-bond donors (Lipinski definition) is 0. The van der Waals surface area contributed by atoms with Crippen LogP contribution in [0.2, 0.25) is 0 Å². The van der Waals surface area contributed by atoms with Crippen LogP contribution in [0.1, 0.15) is 38.1 Å². The average molecular weight is 388 g/mol. The molecule has 0 saturated carbocycles. The van der Waals surface area contributed by atoms with E-state index in [1.807, 2.05) is 19.9 Å². The van der Waals surface area contributed by atoms with Gasteiger partial charge in [-0.2, -0.15) is 0 Å². The lowest BCUT2D eigenvalue weighted by Crippen LogP contribution is -2.10. The second-order valence-corrected chi connectivity index (χ2v) is 9.30. The van der Waals surface area contributed by atoms with Crippen LogP contribution in [0.25, 0.3) is 0 Å². The minimum Gasteiger partial charge on any atom is -0.305 e. The van der Waals surface area contributed by atoms with E-state index in [0.717, 1.165) is 15.7 Å². The van der Waals surface area contributed by atoms with Crippen molar-refractivity contribution in [1.82, 2.24) is 0 Å². The van der Waals surface area contributed by atoms with Crippen molar-refractivity contribution in [3.63, 3.8) is 0 Å². The first-order valence-electron chi connectivity index (χ1n) is 8.03. The third-order valence-corrected chi connectivity index (χ3v) is 7.56. The summed E-state index contributed by atoms with van der Waals surface area (Å²) in [4.78, 5) is 13.1. The molecule has 7 heteroatoms. The van der Waals surface area contributed by atoms with E-state index in [2.05, 4.69) is 0 Å². The zero-order chi connectivity index (χ0) is 18.0. The highest BCUT2D eigenvalue weighted by molar-refractivity contribution is 8.22. The Labute approximate surface area is 153 Å². The van der Waals surface area contributed by atoms with Gasteiger partial charge in [-0.05, 0) is 25.4 Å². The van der Waals surface area contributed by atoms with Gasteiger partial charge in [-0.25, -0.2) is 0 Å². The zero-order valence-electron chi connectivity index (χ0n) is 14.6. The van der Waals surface area contributed by atoms with Crippen LogP contribution in [-0.4, -0.2) is 30.5 Å². The van der Waals surface area contributed by atoms with Crippen LogP contribution in [0.3, 0.4) is 0 Å². The highest BCUT2D eigenvalue weighted by Gasteiger charge is 2.38. The maximum absolute atomic E-state index is 13.4. The molecule has 24 heavy (non-hydrogen) atoms. The van der Waals surface area contributed by atoms with Crippen LogP contribution in [0.15, 0.2) is 39.9 Å². The van der Waals surface area contributed by atoms with Crippen molar-refractivity contribution >= 4 is 36.9 Å². The second-order valence-electron chi connectivity index (χ2n) is 4.53. The smallest absolute Gasteiger partial charge is 0.305 e. The first kappa shape index (κ1) is 21.5. The van der Waals surface area contributed by atoms with E-state index < -0.39 is 7.60 Å². The molecule has 0 amide bonds. The number of carbonyl (C=O) groups excluding carboxylic acids is 1. The Morgan fingerprint density at radius 1 is 0.958 bits per heavy atom. The van der Waals surface area contributed by atoms with E-state index in [0.29, 0.717) is 5.56 Å². The molecule has 0 aliphatic rings. The molecule has 0 bridgehead atoms. The standard InChI is InChI=1S/C17H25O4PS2/c1-5-20-22(19,21-6-2)16(17(23-7-3)24-8-4)15(18)14-12-10-9-11-13-14/h9-13H,5-8H2,1-4H3. The Balaban J connectivity index is 3.52. The quantitative estimate of drug-likeness (QED) is 0.271. The zero-order valence-corrected chi connectivity index (χ0v) is 17.1. The van der Waals surface area contributed by atoms with Crippen LogP contribution >= 0.6 is 31.1 Å². The fourth-order valence-corrected chi connectivity index (χ4v) is 6.70. The van der Waals surface area contributed by atoms with Crippen molar-refractivity contribution in [2.75, 3.05) is 24.7 Å². The summed E-state index contributed by atoms with van der Waals surface area (Å²) in [6, 6.07) is 8.85. The Morgan fingerprint density at radius 2 is 1.46 bits per heavy atom. The number of hydrogen-bond acceptors (Lipinski definition) is 6. The van der Waals surface area contributed by atoms with Gasteiger partial charge in [0.05, 0.1) is 17.5 Å². The van der Waals surface area contributed by atoms with Crippen LogP contribution in [0.5, 0.6) is 0 Å². The van der Waals surface area contributed by atoms with E-state index in [-0.39, 0.29) is 24.3 Å². The molecule has 0 spiro atoms. The maximum Gasteiger partial charge on any atom is 0.366 e. The van der Waals surface area contributed by atoms with Gasteiger partial charge in [-0.15, -0.1) is 23.5 Å². The summed E-state index contributed by atoms with van der Waals surface area (Å²) in [7, 11) is -3.68. The summed E-state index contributed by atoms with van der Waals surface area (Å²) in [5.41, 5.74) is 0.484. The lowest BCUT2D eigenvalue weighted by Gasteiger charge is -2.22. The third-order valence-electron chi connectivity index (χ3n) is 2.87. The van der Waals surface area contributed by atoms with E-state index in [1.54, 1.807) is 38.1 Å². The van der Waals surface area contributed by atoms with Crippen LogP contribution in [0, 0.1) is 0 Å². The number of ketones is 1. The Morgan fingerprint density at radius 3 is 1.88 bits per heavy atom. The highest BCUT2D eigenvalue weighted by atomic mass is 32.2. The topological polar surface area (TPSA) is 52.6 Å². The SMILES string of the molecule is CCOP(=O)(OCC)C(C(=O)c1ccccc1)=C(SCC)SCC. The number of thioether (sulfide) groups is 2. The van der Waals surface area contributed by atoms with Crippen molar-refractivity contribution in [2.24, 2.45) is 0 Å². The van der Waals surface area contributed by atoms with Crippen LogP contribution < -0.4 is 0 Å². The van der Waals surface area contributed by atoms with Gasteiger partial charge in [0.1, 0.15) is 5.31 Å². The first-order valence-corrected chi connectivity index (χ1v) is 11.5. The number of carbonyl (C=O) groups is 1. The summed E-state index contributed by atoms with van der Waals surface area (Å²) in [6.45, 7) is 7.91. The van der Waals surface area contributed by atoms with Gasteiger partial charge in [0.2, 0.25) is 5.78 Å². The molecule has 1 aromatic rings. The molecule has 0 heterocycles. The molecule has 0 saturated heterocycles. The average Bonchev–Trinajstić information content (AvgIpc) is 2.56. The molecule has 0 atom stereocenters. The molecule has 0 aliphatic carbocycles. The van der Waals surface area contributed by atoms with E-state index in [4.69, 9.17) is 9.05 Å². The molecule has 0 radical (unpaired) electrons. The predicted molar refractivity (Wildman–Crippen MR) is 105 cm³/mol. The Bertz CT molecular complexity index is 584. The van der Waals surface area contributed by atoms with E-state index in [9.17, 15) is 9.36 Å². The second kappa shape index (κ2) is 11.2. The lowest BCUT2D eigenvalue weighted by atomic mass is 10.1. The van der Waals surface area contributed by atoms with Gasteiger partial charge in [-0.3, -0.25) is 9.36 Å². The van der Waals surface area contributed by atoms with Crippen molar-refractivity contribution in [3.8, 4) is 0 Å². The Hall–Kier alpha value is -0.520. The van der Waals surface area contributed by atoms with Gasteiger partial charge in [0.25, 0.3) is 0 Å².